The first-order valence-electron chi connectivity index (χ1n) is 8.08. The van der Waals surface area contributed by atoms with Gasteiger partial charge in [0.1, 0.15) is 12.1 Å². The van der Waals surface area contributed by atoms with E-state index >= 15 is 0 Å². The minimum atomic E-state index is -1.09. The van der Waals surface area contributed by atoms with Crippen LogP contribution in [-0.4, -0.2) is 68.1 Å². The predicted octanol–water partition coefficient (Wildman–Crippen LogP) is 1.03. The molecule has 0 bridgehead atoms. The van der Waals surface area contributed by atoms with E-state index in [-0.39, 0.29) is 11.5 Å². The molecule has 4 rings (SSSR count). The van der Waals surface area contributed by atoms with Crippen LogP contribution in [0.15, 0.2) is 29.4 Å². The molecule has 1 saturated heterocycles. The predicted molar refractivity (Wildman–Crippen MR) is 101 cm³/mol. The van der Waals surface area contributed by atoms with Gasteiger partial charge in [0, 0.05) is 14.1 Å². The summed E-state index contributed by atoms with van der Waals surface area (Å²) in [5.41, 5.74) is 6.93. The molecule has 1 fully saturated rings. The van der Waals surface area contributed by atoms with Crippen molar-refractivity contribution in [2.24, 2.45) is 11.7 Å². The zero-order valence-corrected chi connectivity index (χ0v) is 16.2. The number of fused-ring (bicyclic) bond motifs is 3. The van der Waals surface area contributed by atoms with Gasteiger partial charge in [-0.05, 0) is 12.1 Å². The van der Waals surface area contributed by atoms with E-state index < -0.39 is 24.0 Å². The van der Waals surface area contributed by atoms with E-state index in [9.17, 15) is 14.4 Å². The van der Waals surface area contributed by atoms with Crippen LogP contribution in [0.25, 0.3) is 15.2 Å². The Morgan fingerprint density at radius 3 is 2.78 bits per heavy atom. The van der Waals surface area contributed by atoms with Crippen molar-refractivity contribution in [2.45, 2.75) is 11.3 Å². The van der Waals surface area contributed by atoms with Crippen LogP contribution in [0.4, 0.5) is 4.79 Å². The SMILES string of the molecule is CN1C(=O)C(C(=O)CSc2nnc3sc4ccccc4n23)C(N)N(C)C1=O. The van der Waals surface area contributed by atoms with Crippen LogP contribution in [0, 0.1) is 5.92 Å². The van der Waals surface area contributed by atoms with Crippen molar-refractivity contribution in [1.82, 2.24) is 24.4 Å². The van der Waals surface area contributed by atoms with Crippen molar-refractivity contribution in [2.75, 3.05) is 19.8 Å². The number of urea groups is 1. The van der Waals surface area contributed by atoms with Gasteiger partial charge in [-0.15, -0.1) is 10.2 Å². The molecule has 0 aliphatic carbocycles. The number of hydrogen-bond donors (Lipinski definition) is 1. The van der Waals surface area contributed by atoms with E-state index in [2.05, 4.69) is 10.2 Å². The zero-order valence-electron chi connectivity index (χ0n) is 14.5. The molecule has 2 aromatic heterocycles. The summed E-state index contributed by atoms with van der Waals surface area (Å²) in [6.07, 6.45) is -0.977. The summed E-state index contributed by atoms with van der Waals surface area (Å²) in [7, 11) is 2.82. The number of hydrogen-bond acceptors (Lipinski definition) is 8. The third kappa shape index (κ3) is 2.78. The first-order chi connectivity index (χ1) is 12.9. The summed E-state index contributed by atoms with van der Waals surface area (Å²) < 4.78 is 2.96. The number of nitrogens with zero attached hydrogens (tertiary/aromatic N) is 5. The third-order valence-corrected chi connectivity index (χ3v) is 6.54. The largest absolute Gasteiger partial charge is 0.327 e. The number of amides is 3. The Bertz CT molecular complexity index is 1080. The summed E-state index contributed by atoms with van der Waals surface area (Å²) in [6, 6.07) is 7.32. The van der Waals surface area contributed by atoms with Crippen LogP contribution >= 0.6 is 23.1 Å². The summed E-state index contributed by atoms with van der Waals surface area (Å²) in [5.74, 6) is -2.01. The maximum Gasteiger partial charge on any atom is 0.327 e. The van der Waals surface area contributed by atoms with Crippen molar-refractivity contribution in [1.29, 1.82) is 0 Å². The van der Waals surface area contributed by atoms with Gasteiger partial charge in [0.05, 0.1) is 16.0 Å². The van der Waals surface area contributed by atoms with E-state index in [1.165, 1.54) is 42.1 Å². The summed E-state index contributed by atoms with van der Waals surface area (Å²) in [4.78, 5) is 39.9. The molecule has 3 amide bonds. The maximum atomic E-state index is 12.7. The smallest absolute Gasteiger partial charge is 0.311 e. The van der Waals surface area contributed by atoms with Gasteiger partial charge in [-0.3, -0.25) is 18.9 Å². The molecule has 0 saturated carbocycles. The summed E-state index contributed by atoms with van der Waals surface area (Å²) in [6.45, 7) is 0. The minimum absolute atomic E-state index is 0.00490. The number of aromatic nitrogens is 3. The molecule has 0 spiro atoms. The Morgan fingerprint density at radius 1 is 1.26 bits per heavy atom. The lowest BCUT2D eigenvalue weighted by Crippen LogP contribution is -2.64. The number of carbonyl (C=O) groups excluding carboxylic acids is 3. The van der Waals surface area contributed by atoms with Crippen molar-refractivity contribution >= 4 is 56.0 Å². The van der Waals surface area contributed by atoms with Gasteiger partial charge in [0.15, 0.2) is 10.9 Å². The Hall–Kier alpha value is -2.50. The van der Waals surface area contributed by atoms with Crippen LogP contribution < -0.4 is 5.73 Å². The molecular formula is C16H16N6O3S2. The molecule has 9 nitrogen and oxygen atoms in total. The Balaban J connectivity index is 1.57. The van der Waals surface area contributed by atoms with Gasteiger partial charge < -0.3 is 10.6 Å². The van der Waals surface area contributed by atoms with E-state index in [0.29, 0.717) is 5.16 Å². The Kier molecular flexibility index (Phi) is 4.36. The molecule has 1 aliphatic heterocycles. The molecule has 3 heterocycles. The normalized spacial score (nSPS) is 20.9. The fourth-order valence-corrected chi connectivity index (χ4v) is 4.93. The van der Waals surface area contributed by atoms with Gasteiger partial charge >= 0.3 is 6.03 Å². The van der Waals surface area contributed by atoms with Crippen LogP contribution in [0.3, 0.4) is 0 Å². The second-order valence-corrected chi connectivity index (χ2v) is 8.14. The quantitative estimate of drug-likeness (QED) is 0.510. The van der Waals surface area contributed by atoms with Gasteiger partial charge in [-0.25, -0.2) is 4.79 Å². The third-order valence-electron chi connectivity index (χ3n) is 4.58. The van der Waals surface area contributed by atoms with Gasteiger partial charge in [0.25, 0.3) is 0 Å². The molecule has 2 atom stereocenters. The monoisotopic (exact) mass is 404 g/mol. The highest BCUT2D eigenvalue weighted by molar-refractivity contribution is 7.99. The number of nitrogens with two attached hydrogens (primary N) is 1. The lowest BCUT2D eigenvalue weighted by atomic mass is 9.97. The highest BCUT2D eigenvalue weighted by Gasteiger charge is 2.45. The van der Waals surface area contributed by atoms with Gasteiger partial charge in [-0.1, -0.05) is 35.2 Å². The standard InChI is InChI=1S/C16H16N6O3S2/c1-20-12(17)11(13(24)21(2)16(20)25)9(23)7-26-14-18-19-15-22(14)8-5-3-4-6-10(8)27-15/h3-6,11-12H,7,17H2,1-2H3. The van der Waals surface area contributed by atoms with E-state index in [0.717, 1.165) is 20.1 Å². The van der Waals surface area contributed by atoms with E-state index in [4.69, 9.17) is 5.73 Å². The number of carbonyl (C=O) groups is 3. The second kappa shape index (κ2) is 6.59. The average molecular weight is 404 g/mol. The summed E-state index contributed by atoms with van der Waals surface area (Å²) >= 11 is 2.71. The number of thiazole rings is 1. The van der Waals surface area contributed by atoms with Gasteiger partial charge in [0.2, 0.25) is 10.9 Å². The lowest BCUT2D eigenvalue weighted by molar-refractivity contribution is -0.143. The fourth-order valence-electron chi connectivity index (χ4n) is 3.04. The van der Waals surface area contributed by atoms with Crippen LogP contribution in [0.1, 0.15) is 0 Å². The topological polar surface area (TPSA) is 114 Å². The summed E-state index contributed by atoms with van der Waals surface area (Å²) in [5, 5.41) is 8.88. The number of thioether (sulfide) groups is 1. The molecule has 11 heteroatoms. The van der Waals surface area contributed by atoms with E-state index in [1.54, 1.807) is 0 Å². The van der Waals surface area contributed by atoms with Crippen molar-refractivity contribution in [3.63, 3.8) is 0 Å². The van der Waals surface area contributed by atoms with Crippen LogP contribution in [-0.2, 0) is 9.59 Å². The molecule has 1 aromatic carbocycles. The Morgan fingerprint density at radius 2 is 2.00 bits per heavy atom. The molecule has 3 aromatic rings. The van der Waals surface area contributed by atoms with Crippen molar-refractivity contribution in [3.05, 3.63) is 24.3 Å². The minimum Gasteiger partial charge on any atom is -0.311 e. The molecule has 0 radical (unpaired) electrons. The van der Waals surface area contributed by atoms with Crippen LogP contribution in [0.2, 0.25) is 0 Å². The number of para-hydroxylation sites is 1. The molecule has 1 aliphatic rings. The number of imide groups is 1. The van der Waals surface area contributed by atoms with Crippen molar-refractivity contribution < 1.29 is 14.4 Å². The first kappa shape index (κ1) is 17.9. The number of Topliss-reactive ketones (excluding diaryl/α,β-unsaturated/α-hetero) is 1. The highest BCUT2D eigenvalue weighted by atomic mass is 32.2. The second-order valence-electron chi connectivity index (χ2n) is 6.18. The zero-order chi connectivity index (χ0) is 19.3. The molecule has 27 heavy (non-hydrogen) atoms. The fraction of sp³-hybridized carbons (Fsp3) is 0.312. The maximum absolute atomic E-state index is 12.7. The van der Waals surface area contributed by atoms with Gasteiger partial charge in [-0.2, -0.15) is 0 Å². The molecular weight excluding hydrogens is 388 g/mol. The average Bonchev–Trinajstić information content (AvgIpc) is 3.22. The number of ketones is 1. The van der Waals surface area contributed by atoms with E-state index in [1.807, 2.05) is 28.7 Å². The molecule has 140 valence electrons. The Labute approximate surface area is 162 Å². The first-order valence-corrected chi connectivity index (χ1v) is 9.88. The van der Waals surface area contributed by atoms with Crippen LogP contribution in [0.5, 0.6) is 0 Å². The number of rotatable bonds is 4. The molecule has 2 unspecified atom stereocenters. The lowest BCUT2D eigenvalue weighted by Gasteiger charge is -2.38. The number of benzene rings is 1. The molecule has 2 N–H and O–H groups in total. The van der Waals surface area contributed by atoms with Crippen molar-refractivity contribution in [3.8, 4) is 0 Å². The highest BCUT2D eigenvalue weighted by Crippen LogP contribution is 2.30.